The van der Waals surface area contributed by atoms with Gasteiger partial charge in [-0.05, 0) is 27.7 Å². The van der Waals surface area contributed by atoms with E-state index in [1.54, 1.807) is 27.7 Å². The number of fused-ring (bicyclic) bond motifs is 3. The van der Waals surface area contributed by atoms with Crippen LogP contribution in [-0.2, 0) is 38.2 Å². The summed E-state index contributed by atoms with van der Waals surface area (Å²) in [7, 11) is -4.14. The maximum absolute atomic E-state index is 11.1. The summed E-state index contributed by atoms with van der Waals surface area (Å²) in [5, 5.41) is 4.89. The zero-order valence-corrected chi connectivity index (χ0v) is 13.7. The third kappa shape index (κ3) is 3.02. The Hall–Kier alpha value is -0.330. The zero-order valence-electron chi connectivity index (χ0n) is 12.9. The van der Waals surface area contributed by atoms with Gasteiger partial charge in [0.05, 0.1) is 6.61 Å². The van der Waals surface area contributed by atoms with Crippen molar-refractivity contribution in [1.29, 1.82) is 0 Å². The first-order chi connectivity index (χ1) is 9.92. The number of rotatable bonds is 3. The molecule has 3 aliphatic rings. The van der Waals surface area contributed by atoms with E-state index < -0.39 is 52.6 Å². The zero-order chi connectivity index (χ0) is 16.4. The fraction of sp³-hybridized carbons (Fsp3) is 1.00. The van der Waals surface area contributed by atoms with E-state index in [2.05, 4.69) is 0 Å². The summed E-state index contributed by atoms with van der Waals surface area (Å²) in [5.74, 6) is -3.17. The highest BCUT2D eigenvalue weighted by Gasteiger charge is 2.67. The molecule has 22 heavy (non-hydrogen) atoms. The lowest BCUT2D eigenvalue weighted by Gasteiger charge is -2.38. The fourth-order valence-corrected chi connectivity index (χ4v) is 3.37. The minimum absolute atomic E-state index is 0.276. The Labute approximate surface area is 129 Å². The second-order valence-electron chi connectivity index (χ2n) is 6.56. The van der Waals surface area contributed by atoms with E-state index in [0.717, 1.165) is 0 Å². The molecule has 0 bridgehead atoms. The summed E-state index contributed by atoms with van der Waals surface area (Å²) in [6.07, 6.45) is -1.56. The number of ether oxygens (including phenoxy) is 5. The lowest BCUT2D eigenvalue weighted by atomic mass is 10.0. The molecule has 128 valence electrons. The average Bonchev–Trinajstić information content (AvgIpc) is 2.74. The van der Waals surface area contributed by atoms with Gasteiger partial charge in [-0.15, -0.1) is 0 Å². The first kappa shape index (κ1) is 16.5. The Kier molecular flexibility index (Phi) is 3.63. The average molecular weight is 339 g/mol. The van der Waals surface area contributed by atoms with Gasteiger partial charge in [0.1, 0.15) is 24.9 Å². The first-order valence-electron chi connectivity index (χ1n) is 6.96. The highest BCUT2D eigenvalue weighted by molar-refractivity contribution is 7.84. The summed E-state index contributed by atoms with van der Waals surface area (Å²) < 4.78 is 55.8. The number of hydrogen-bond donors (Lipinski definition) is 1. The van der Waals surface area contributed by atoms with Crippen molar-refractivity contribution < 1.29 is 36.3 Å². The van der Waals surface area contributed by atoms with Crippen LogP contribution in [0.3, 0.4) is 0 Å². The van der Waals surface area contributed by atoms with Crippen molar-refractivity contribution in [1.82, 2.24) is 0 Å². The van der Waals surface area contributed by atoms with Crippen LogP contribution in [0.15, 0.2) is 0 Å². The molecule has 3 saturated heterocycles. The van der Waals surface area contributed by atoms with Crippen LogP contribution in [0, 0.1) is 0 Å². The Morgan fingerprint density at radius 2 is 1.82 bits per heavy atom. The Morgan fingerprint density at radius 3 is 2.45 bits per heavy atom. The minimum atomic E-state index is -4.14. The molecule has 0 aromatic heterocycles. The third-order valence-corrected chi connectivity index (χ3v) is 4.16. The number of nitrogens with two attached hydrogens (primary N) is 1. The lowest BCUT2D eigenvalue weighted by Crippen LogP contribution is -2.51. The van der Waals surface area contributed by atoms with Gasteiger partial charge in [-0.3, -0.25) is 4.18 Å². The van der Waals surface area contributed by atoms with Crippen molar-refractivity contribution in [2.75, 3.05) is 13.2 Å². The monoisotopic (exact) mass is 339 g/mol. The number of hydrogen-bond acceptors (Lipinski definition) is 8. The largest absolute Gasteiger partial charge is 0.348 e. The molecule has 3 fully saturated rings. The van der Waals surface area contributed by atoms with E-state index in [0.29, 0.717) is 0 Å². The van der Waals surface area contributed by atoms with Gasteiger partial charge in [0, 0.05) is 0 Å². The predicted octanol–water partition coefficient (Wildman–Crippen LogP) is -0.395. The van der Waals surface area contributed by atoms with Crippen LogP contribution in [0.1, 0.15) is 27.7 Å². The van der Waals surface area contributed by atoms with Gasteiger partial charge in [-0.1, -0.05) is 0 Å². The molecule has 0 amide bonds. The second kappa shape index (κ2) is 4.84. The summed E-state index contributed by atoms with van der Waals surface area (Å²) in [6, 6.07) is 0. The van der Waals surface area contributed by atoms with Gasteiger partial charge in [0.25, 0.3) is 0 Å². The maximum Gasteiger partial charge on any atom is 0.333 e. The van der Waals surface area contributed by atoms with Crippen LogP contribution in [0.4, 0.5) is 0 Å². The second-order valence-corrected chi connectivity index (χ2v) is 7.78. The lowest BCUT2D eigenvalue weighted by molar-refractivity contribution is -0.329. The van der Waals surface area contributed by atoms with E-state index >= 15 is 0 Å². The highest BCUT2D eigenvalue weighted by atomic mass is 32.2. The topological polar surface area (TPSA) is 116 Å². The molecule has 3 heterocycles. The molecule has 0 aliphatic carbocycles. The molecule has 2 N–H and O–H groups in total. The van der Waals surface area contributed by atoms with Crippen LogP contribution in [0.25, 0.3) is 0 Å². The van der Waals surface area contributed by atoms with Crippen molar-refractivity contribution in [2.45, 2.75) is 63.4 Å². The van der Waals surface area contributed by atoms with E-state index in [-0.39, 0.29) is 6.61 Å². The van der Waals surface area contributed by atoms with Crippen LogP contribution >= 0.6 is 0 Å². The SMILES string of the molecule is CC1(C)OC[C@@H]2O[C@@]3(COS(N)(=O)=O)OC(C)(C)O[C@H]3[C@@H]2O1. The quantitative estimate of drug-likeness (QED) is 0.739. The first-order valence-corrected chi connectivity index (χ1v) is 8.43. The summed E-state index contributed by atoms with van der Waals surface area (Å²) in [5.41, 5.74) is 0. The van der Waals surface area contributed by atoms with E-state index in [9.17, 15) is 8.42 Å². The minimum Gasteiger partial charge on any atom is -0.348 e. The van der Waals surface area contributed by atoms with E-state index in [4.69, 9.17) is 33.0 Å². The van der Waals surface area contributed by atoms with Gasteiger partial charge < -0.3 is 23.7 Å². The summed E-state index contributed by atoms with van der Waals surface area (Å²) in [6.45, 7) is 6.82. The van der Waals surface area contributed by atoms with Crippen molar-refractivity contribution >= 4 is 10.3 Å². The summed E-state index contributed by atoms with van der Waals surface area (Å²) in [4.78, 5) is 0. The molecular formula is C12H21NO8S. The van der Waals surface area contributed by atoms with Crippen LogP contribution in [0.5, 0.6) is 0 Å². The molecule has 4 atom stereocenters. The summed E-state index contributed by atoms with van der Waals surface area (Å²) >= 11 is 0. The van der Waals surface area contributed by atoms with Crippen LogP contribution in [0.2, 0.25) is 0 Å². The molecule has 0 aromatic rings. The smallest absolute Gasteiger partial charge is 0.333 e. The highest BCUT2D eigenvalue weighted by Crippen LogP contribution is 2.49. The molecule has 10 heteroatoms. The molecular weight excluding hydrogens is 318 g/mol. The molecule has 0 saturated carbocycles. The van der Waals surface area contributed by atoms with Gasteiger partial charge in [0.15, 0.2) is 11.6 Å². The van der Waals surface area contributed by atoms with E-state index in [1.165, 1.54) is 0 Å². The van der Waals surface area contributed by atoms with Crippen molar-refractivity contribution in [3.8, 4) is 0 Å². The van der Waals surface area contributed by atoms with Gasteiger partial charge in [0.2, 0.25) is 5.79 Å². The van der Waals surface area contributed by atoms with Crippen LogP contribution < -0.4 is 5.14 Å². The molecule has 0 spiro atoms. The molecule has 3 rings (SSSR count). The predicted molar refractivity (Wildman–Crippen MR) is 71.6 cm³/mol. The molecule has 9 nitrogen and oxygen atoms in total. The van der Waals surface area contributed by atoms with Crippen molar-refractivity contribution in [3.63, 3.8) is 0 Å². The molecule has 3 aliphatic heterocycles. The fourth-order valence-electron chi connectivity index (χ4n) is 3.04. The van der Waals surface area contributed by atoms with E-state index in [1.807, 2.05) is 0 Å². The molecule has 0 radical (unpaired) electrons. The normalized spacial score (nSPS) is 42.9. The maximum atomic E-state index is 11.1. The van der Waals surface area contributed by atoms with Gasteiger partial charge in [-0.2, -0.15) is 8.42 Å². The third-order valence-electron chi connectivity index (χ3n) is 3.72. The standard InChI is InChI=1S/C12H21NO8S/c1-10(2)16-5-7-8(19-10)9-12(18-7,6-17-22(13,14)15)21-11(3,4)20-9/h7-9H,5-6H2,1-4H3,(H2,13,14,15)/t7-,8+,9-,12-/m0/s1. The van der Waals surface area contributed by atoms with Crippen molar-refractivity contribution in [2.24, 2.45) is 5.14 Å². The Bertz CT molecular complexity index is 561. The van der Waals surface area contributed by atoms with Gasteiger partial charge in [-0.25, -0.2) is 5.14 Å². The molecule has 0 unspecified atom stereocenters. The van der Waals surface area contributed by atoms with Gasteiger partial charge >= 0.3 is 10.3 Å². The Morgan fingerprint density at radius 1 is 1.14 bits per heavy atom. The molecule has 0 aromatic carbocycles. The van der Waals surface area contributed by atoms with Crippen LogP contribution in [-0.4, -0.2) is 57.3 Å². The van der Waals surface area contributed by atoms with Crippen molar-refractivity contribution in [3.05, 3.63) is 0 Å². The Balaban J connectivity index is 1.86.